The number of anilines is 1. The van der Waals surface area contributed by atoms with Crippen molar-refractivity contribution in [3.63, 3.8) is 0 Å². The zero-order valence-electron chi connectivity index (χ0n) is 8.00. The molecule has 0 radical (unpaired) electrons. The molecule has 0 aliphatic rings. The van der Waals surface area contributed by atoms with Crippen molar-refractivity contribution in [2.75, 3.05) is 12.8 Å². The highest BCUT2D eigenvalue weighted by Crippen LogP contribution is 2.21. The monoisotopic (exact) mass is 190 g/mol. The smallest absolute Gasteiger partial charge is 0.341 e. The minimum atomic E-state index is -0.581. The van der Waals surface area contributed by atoms with Crippen molar-refractivity contribution >= 4 is 11.7 Å². The highest BCUT2D eigenvalue weighted by molar-refractivity contribution is 5.98. The Kier molecular flexibility index (Phi) is 2.73. The molecular formula is C10H10N2O2. The molecule has 0 spiro atoms. The average Bonchev–Trinajstić information content (AvgIpc) is 2.20. The van der Waals surface area contributed by atoms with Gasteiger partial charge in [0.25, 0.3) is 0 Å². The molecule has 0 atom stereocenters. The molecule has 2 N–H and O–H groups in total. The maximum absolute atomic E-state index is 11.3. The van der Waals surface area contributed by atoms with E-state index >= 15 is 0 Å². The number of nitrogens with zero attached hydrogens (tertiary/aromatic N) is 1. The van der Waals surface area contributed by atoms with Gasteiger partial charge in [-0.1, -0.05) is 6.07 Å². The quantitative estimate of drug-likeness (QED) is 0.533. The van der Waals surface area contributed by atoms with Crippen LogP contribution in [0.1, 0.15) is 21.5 Å². The van der Waals surface area contributed by atoms with Crippen LogP contribution in [0.3, 0.4) is 0 Å². The summed E-state index contributed by atoms with van der Waals surface area (Å²) in [4.78, 5) is 11.3. The van der Waals surface area contributed by atoms with Crippen LogP contribution in [-0.4, -0.2) is 13.1 Å². The molecule has 0 amide bonds. The van der Waals surface area contributed by atoms with Gasteiger partial charge in [-0.15, -0.1) is 0 Å². The van der Waals surface area contributed by atoms with E-state index in [1.165, 1.54) is 7.11 Å². The number of aryl methyl sites for hydroxylation is 1. The van der Waals surface area contributed by atoms with Gasteiger partial charge < -0.3 is 10.5 Å². The van der Waals surface area contributed by atoms with Crippen LogP contribution in [-0.2, 0) is 4.74 Å². The first-order chi connectivity index (χ1) is 6.61. The summed E-state index contributed by atoms with van der Waals surface area (Å²) in [6, 6.07) is 5.15. The van der Waals surface area contributed by atoms with Crippen molar-refractivity contribution in [3.8, 4) is 6.07 Å². The highest BCUT2D eigenvalue weighted by atomic mass is 16.5. The van der Waals surface area contributed by atoms with Crippen molar-refractivity contribution in [2.24, 2.45) is 0 Å². The highest BCUT2D eigenvalue weighted by Gasteiger charge is 2.16. The normalized spacial score (nSPS) is 9.21. The number of nitrogen functional groups attached to an aromatic ring is 1. The number of ether oxygens (including phenoxy) is 1. The molecule has 1 rings (SSSR count). The lowest BCUT2D eigenvalue weighted by molar-refractivity contribution is 0.0601. The van der Waals surface area contributed by atoms with Gasteiger partial charge in [-0.2, -0.15) is 5.26 Å². The molecule has 0 aliphatic carbocycles. The van der Waals surface area contributed by atoms with Crippen molar-refractivity contribution < 1.29 is 9.53 Å². The number of hydrogen-bond acceptors (Lipinski definition) is 4. The molecule has 0 heterocycles. The maximum Gasteiger partial charge on any atom is 0.341 e. The van der Waals surface area contributed by atoms with E-state index in [-0.39, 0.29) is 11.1 Å². The molecule has 0 fully saturated rings. The molecule has 72 valence electrons. The van der Waals surface area contributed by atoms with Gasteiger partial charge in [0.15, 0.2) is 0 Å². The number of benzene rings is 1. The zero-order valence-corrected chi connectivity index (χ0v) is 8.00. The first-order valence-corrected chi connectivity index (χ1v) is 3.99. The summed E-state index contributed by atoms with van der Waals surface area (Å²) in [6.45, 7) is 1.77. The van der Waals surface area contributed by atoms with Crippen LogP contribution in [0.15, 0.2) is 12.1 Å². The minimum absolute atomic E-state index is 0.148. The van der Waals surface area contributed by atoms with E-state index in [1.54, 1.807) is 19.1 Å². The van der Waals surface area contributed by atoms with Crippen LogP contribution in [0.4, 0.5) is 5.69 Å². The van der Waals surface area contributed by atoms with Crippen molar-refractivity contribution in [2.45, 2.75) is 6.92 Å². The number of rotatable bonds is 1. The van der Waals surface area contributed by atoms with Gasteiger partial charge in [-0.05, 0) is 18.6 Å². The number of carbonyl (C=O) groups is 1. The van der Waals surface area contributed by atoms with Gasteiger partial charge in [-0.25, -0.2) is 4.79 Å². The summed E-state index contributed by atoms with van der Waals surface area (Å²) < 4.78 is 4.54. The molecule has 4 nitrogen and oxygen atoms in total. The van der Waals surface area contributed by atoms with Crippen LogP contribution >= 0.6 is 0 Å². The van der Waals surface area contributed by atoms with Crippen LogP contribution in [0, 0.1) is 18.3 Å². The Morgan fingerprint density at radius 3 is 2.71 bits per heavy atom. The van der Waals surface area contributed by atoms with E-state index in [0.717, 1.165) is 5.56 Å². The fourth-order valence-corrected chi connectivity index (χ4v) is 1.14. The largest absolute Gasteiger partial charge is 0.465 e. The molecule has 0 saturated carbocycles. The average molecular weight is 190 g/mol. The van der Waals surface area contributed by atoms with E-state index in [0.29, 0.717) is 5.69 Å². The molecule has 14 heavy (non-hydrogen) atoms. The third-order valence-electron chi connectivity index (χ3n) is 1.97. The van der Waals surface area contributed by atoms with Gasteiger partial charge in [0, 0.05) is 0 Å². The second-order valence-corrected chi connectivity index (χ2v) is 2.82. The van der Waals surface area contributed by atoms with Gasteiger partial charge in [0.05, 0.1) is 18.4 Å². The predicted molar refractivity (Wildman–Crippen MR) is 51.6 cm³/mol. The van der Waals surface area contributed by atoms with E-state index in [1.807, 2.05) is 6.07 Å². The number of carbonyl (C=O) groups excluding carboxylic acids is 1. The number of esters is 1. The third kappa shape index (κ3) is 1.52. The molecule has 0 bridgehead atoms. The van der Waals surface area contributed by atoms with Gasteiger partial charge in [-0.3, -0.25) is 0 Å². The number of nitrogens with two attached hydrogens (primary N) is 1. The molecular weight excluding hydrogens is 180 g/mol. The lowest BCUT2D eigenvalue weighted by Crippen LogP contribution is -2.09. The van der Waals surface area contributed by atoms with Gasteiger partial charge >= 0.3 is 5.97 Å². The number of hydrogen-bond donors (Lipinski definition) is 1. The van der Waals surface area contributed by atoms with E-state index in [2.05, 4.69) is 4.74 Å². The first-order valence-electron chi connectivity index (χ1n) is 3.99. The van der Waals surface area contributed by atoms with E-state index in [4.69, 9.17) is 11.0 Å². The molecule has 0 saturated heterocycles. The van der Waals surface area contributed by atoms with Crippen LogP contribution < -0.4 is 5.73 Å². The van der Waals surface area contributed by atoms with Crippen LogP contribution in [0.5, 0.6) is 0 Å². The number of nitriles is 1. The summed E-state index contributed by atoms with van der Waals surface area (Å²) in [5.74, 6) is -0.581. The van der Waals surface area contributed by atoms with Crippen molar-refractivity contribution in [1.82, 2.24) is 0 Å². The van der Waals surface area contributed by atoms with Crippen molar-refractivity contribution in [3.05, 3.63) is 28.8 Å². The van der Waals surface area contributed by atoms with Crippen LogP contribution in [0.2, 0.25) is 0 Å². The maximum atomic E-state index is 11.3. The third-order valence-corrected chi connectivity index (χ3v) is 1.97. The Morgan fingerprint density at radius 1 is 1.57 bits per heavy atom. The lowest BCUT2D eigenvalue weighted by atomic mass is 10.0. The fourth-order valence-electron chi connectivity index (χ4n) is 1.14. The van der Waals surface area contributed by atoms with Gasteiger partial charge in [0.2, 0.25) is 0 Å². The Labute approximate surface area is 81.9 Å². The Morgan fingerprint density at radius 2 is 2.21 bits per heavy atom. The summed E-state index contributed by atoms with van der Waals surface area (Å²) in [5, 5.41) is 8.76. The summed E-state index contributed by atoms with van der Waals surface area (Å²) in [7, 11) is 1.26. The standard InChI is InChI=1S/C10H10N2O2/c1-6-3-4-7(5-11)8(9(6)12)10(13)14-2/h3-4H,12H2,1-2H3. The minimum Gasteiger partial charge on any atom is -0.465 e. The fraction of sp³-hybridized carbons (Fsp3) is 0.200. The molecule has 1 aromatic rings. The Bertz CT molecular complexity index is 419. The van der Waals surface area contributed by atoms with Crippen molar-refractivity contribution in [1.29, 1.82) is 5.26 Å². The Hall–Kier alpha value is -2.02. The Balaban J connectivity index is 3.45. The van der Waals surface area contributed by atoms with Gasteiger partial charge in [0.1, 0.15) is 11.6 Å². The SMILES string of the molecule is COC(=O)c1c(C#N)ccc(C)c1N. The number of methoxy groups -OCH3 is 1. The molecule has 4 heteroatoms. The molecule has 0 unspecified atom stereocenters. The lowest BCUT2D eigenvalue weighted by Gasteiger charge is -2.07. The second-order valence-electron chi connectivity index (χ2n) is 2.82. The van der Waals surface area contributed by atoms with Crippen LogP contribution in [0.25, 0.3) is 0 Å². The van der Waals surface area contributed by atoms with E-state index in [9.17, 15) is 4.79 Å². The molecule has 1 aromatic carbocycles. The summed E-state index contributed by atoms with van der Waals surface area (Å²) >= 11 is 0. The second kappa shape index (κ2) is 3.79. The first kappa shape index (κ1) is 10.1. The topological polar surface area (TPSA) is 76.1 Å². The predicted octanol–water partition coefficient (Wildman–Crippen LogP) is 1.24. The molecule has 0 aliphatic heterocycles. The van der Waals surface area contributed by atoms with E-state index < -0.39 is 5.97 Å². The molecule has 0 aromatic heterocycles. The zero-order chi connectivity index (χ0) is 10.7. The summed E-state index contributed by atoms with van der Waals surface area (Å²) in [5.41, 5.74) is 7.12. The summed E-state index contributed by atoms with van der Waals surface area (Å²) in [6.07, 6.45) is 0.